The van der Waals surface area contributed by atoms with Gasteiger partial charge in [-0.2, -0.15) is 0 Å². The normalized spacial score (nSPS) is 14.3. The molecule has 0 saturated carbocycles. The fourth-order valence-corrected chi connectivity index (χ4v) is 2.46. The van der Waals surface area contributed by atoms with Gasteiger partial charge in [0.2, 0.25) is 0 Å². The van der Waals surface area contributed by atoms with Crippen LogP contribution in [0.2, 0.25) is 10.2 Å². The van der Waals surface area contributed by atoms with Crippen molar-refractivity contribution >= 4 is 40.0 Å². The fourth-order valence-electron chi connectivity index (χ4n) is 2.02. The first kappa shape index (κ1) is 12.4. The van der Waals surface area contributed by atoms with Crippen LogP contribution in [0.25, 0.3) is 10.9 Å². The highest BCUT2D eigenvalue weighted by molar-refractivity contribution is 6.37. The first-order valence-corrected chi connectivity index (χ1v) is 6.50. The maximum Gasteiger partial charge on any atom is 0.259 e. The molecule has 0 spiro atoms. The van der Waals surface area contributed by atoms with Crippen LogP contribution in [0.15, 0.2) is 30.7 Å². The summed E-state index contributed by atoms with van der Waals surface area (Å²) >= 11 is 12.1. The second kappa shape index (κ2) is 4.79. The van der Waals surface area contributed by atoms with E-state index in [4.69, 9.17) is 23.2 Å². The Morgan fingerprint density at radius 1 is 1.26 bits per heavy atom. The molecule has 1 aromatic carbocycles. The average Bonchev–Trinajstić information content (AvgIpc) is 2.92. The number of hydrogen-bond acceptors (Lipinski definition) is 3. The highest BCUT2D eigenvalue weighted by Gasteiger charge is 2.19. The van der Waals surface area contributed by atoms with Gasteiger partial charge in [0.15, 0.2) is 0 Å². The number of nitrogens with zero attached hydrogens (tertiary/aromatic N) is 3. The number of halogens is 2. The molecule has 3 rings (SSSR count). The standard InChI is InChI=1S/C13H9Cl2N3O/c14-10-5-9-11(16-7-17-12(9)15)6-8(10)13(19)18-3-1-2-4-18/h1,3,5-7H,2,4H2. The van der Waals surface area contributed by atoms with E-state index in [1.165, 1.54) is 6.33 Å². The Morgan fingerprint density at radius 3 is 2.84 bits per heavy atom. The lowest BCUT2D eigenvalue weighted by Crippen LogP contribution is -2.23. The number of carbonyl (C=O) groups is 1. The third-order valence-electron chi connectivity index (χ3n) is 2.99. The molecule has 1 aromatic heterocycles. The van der Waals surface area contributed by atoms with Crippen molar-refractivity contribution in [2.24, 2.45) is 0 Å². The minimum absolute atomic E-state index is 0.129. The SMILES string of the molecule is O=C(c1cc2ncnc(Cl)c2cc1Cl)N1C=CCC1. The van der Waals surface area contributed by atoms with Gasteiger partial charge in [-0.05, 0) is 18.6 Å². The lowest BCUT2D eigenvalue weighted by molar-refractivity contribution is 0.0833. The van der Waals surface area contributed by atoms with Crippen molar-refractivity contribution in [2.45, 2.75) is 6.42 Å². The van der Waals surface area contributed by atoms with E-state index in [1.807, 2.05) is 6.08 Å². The van der Waals surface area contributed by atoms with Gasteiger partial charge in [-0.1, -0.05) is 29.3 Å². The van der Waals surface area contributed by atoms with Crippen molar-refractivity contribution in [3.8, 4) is 0 Å². The van der Waals surface area contributed by atoms with Crippen molar-refractivity contribution in [3.63, 3.8) is 0 Å². The van der Waals surface area contributed by atoms with Crippen molar-refractivity contribution < 1.29 is 4.79 Å². The fraction of sp³-hybridized carbons (Fsp3) is 0.154. The van der Waals surface area contributed by atoms with Crippen LogP contribution in [0.3, 0.4) is 0 Å². The van der Waals surface area contributed by atoms with Crippen LogP contribution >= 0.6 is 23.2 Å². The van der Waals surface area contributed by atoms with Crippen LogP contribution in [0.4, 0.5) is 0 Å². The van der Waals surface area contributed by atoms with Crippen LogP contribution in [0.1, 0.15) is 16.8 Å². The van der Waals surface area contributed by atoms with Gasteiger partial charge in [0, 0.05) is 18.1 Å². The van der Waals surface area contributed by atoms with Crippen LogP contribution in [-0.2, 0) is 0 Å². The van der Waals surface area contributed by atoms with E-state index in [-0.39, 0.29) is 5.91 Å². The van der Waals surface area contributed by atoms with E-state index < -0.39 is 0 Å². The van der Waals surface area contributed by atoms with E-state index >= 15 is 0 Å². The number of benzene rings is 1. The van der Waals surface area contributed by atoms with Crippen LogP contribution in [0.5, 0.6) is 0 Å². The Morgan fingerprint density at radius 2 is 2.11 bits per heavy atom. The molecule has 0 bridgehead atoms. The van der Waals surface area contributed by atoms with Crippen LogP contribution < -0.4 is 0 Å². The Balaban J connectivity index is 2.11. The minimum Gasteiger partial charge on any atom is -0.315 e. The number of aromatic nitrogens is 2. The Bertz CT molecular complexity index is 700. The predicted octanol–water partition coefficient (Wildman–Crippen LogP) is 3.30. The molecule has 0 radical (unpaired) electrons. The molecule has 0 fully saturated rings. The summed E-state index contributed by atoms with van der Waals surface area (Å²) < 4.78 is 0. The molecule has 19 heavy (non-hydrogen) atoms. The van der Waals surface area contributed by atoms with E-state index in [0.29, 0.717) is 33.2 Å². The molecule has 1 aliphatic heterocycles. The van der Waals surface area contributed by atoms with Crippen LogP contribution in [0, 0.1) is 0 Å². The Hall–Kier alpha value is -1.65. The highest BCUT2D eigenvalue weighted by Crippen LogP contribution is 2.28. The second-order valence-corrected chi connectivity index (χ2v) is 4.95. The summed E-state index contributed by atoms with van der Waals surface area (Å²) in [5.74, 6) is -0.129. The van der Waals surface area contributed by atoms with E-state index in [0.717, 1.165) is 6.42 Å². The topological polar surface area (TPSA) is 46.1 Å². The van der Waals surface area contributed by atoms with Crippen molar-refractivity contribution in [2.75, 3.05) is 6.54 Å². The summed E-state index contributed by atoms with van der Waals surface area (Å²) in [6.07, 6.45) is 5.95. The number of carbonyl (C=O) groups excluding carboxylic acids is 1. The largest absolute Gasteiger partial charge is 0.315 e. The number of fused-ring (bicyclic) bond motifs is 1. The van der Waals surface area contributed by atoms with E-state index in [9.17, 15) is 4.79 Å². The zero-order valence-corrected chi connectivity index (χ0v) is 11.3. The van der Waals surface area contributed by atoms with Gasteiger partial charge < -0.3 is 4.90 Å². The van der Waals surface area contributed by atoms with E-state index in [1.54, 1.807) is 23.2 Å². The Labute approximate surface area is 119 Å². The van der Waals surface area contributed by atoms with Crippen LogP contribution in [-0.4, -0.2) is 27.3 Å². The maximum atomic E-state index is 12.3. The number of hydrogen-bond donors (Lipinski definition) is 0. The van der Waals surface area contributed by atoms with Gasteiger partial charge in [-0.3, -0.25) is 4.79 Å². The van der Waals surface area contributed by atoms with Gasteiger partial charge in [-0.15, -0.1) is 0 Å². The molecule has 0 atom stereocenters. The molecular formula is C13H9Cl2N3O. The molecule has 4 nitrogen and oxygen atoms in total. The highest BCUT2D eigenvalue weighted by atomic mass is 35.5. The van der Waals surface area contributed by atoms with Crippen molar-refractivity contribution in [3.05, 3.63) is 46.5 Å². The molecule has 1 amide bonds. The lowest BCUT2D eigenvalue weighted by atomic mass is 10.1. The van der Waals surface area contributed by atoms with E-state index in [2.05, 4.69) is 9.97 Å². The molecular weight excluding hydrogens is 285 g/mol. The third kappa shape index (κ3) is 2.17. The van der Waals surface area contributed by atoms with Gasteiger partial charge in [0.1, 0.15) is 11.5 Å². The molecule has 1 aliphatic rings. The molecule has 2 aromatic rings. The maximum absolute atomic E-state index is 12.3. The summed E-state index contributed by atoms with van der Waals surface area (Å²) in [5.41, 5.74) is 1.03. The molecule has 0 aliphatic carbocycles. The molecule has 0 unspecified atom stereocenters. The smallest absolute Gasteiger partial charge is 0.259 e. The molecule has 2 heterocycles. The summed E-state index contributed by atoms with van der Waals surface area (Å²) in [4.78, 5) is 21.9. The third-order valence-corrected chi connectivity index (χ3v) is 3.60. The summed E-state index contributed by atoms with van der Waals surface area (Å²) in [5, 5.41) is 1.32. The first-order chi connectivity index (χ1) is 9.16. The zero-order chi connectivity index (χ0) is 13.4. The first-order valence-electron chi connectivity index (χ1n) is 5.74. The summed E-state index contributed by atoms with van der Waals surface area (Å²) in [7, 11) is 0. The molecule has 96 valence electrons. The average molecular weight is 294 g/mol. The zero-order valence-electron chi connectivity index (χ0n) is 9.81. The van der Waals surface area contributed by atoms with Gasteiger partial charge in [-0.25, -0.2) is 9.97 Å². The summed E-state index contributed by atoms with van der Waals surface area (Å²) in [6, 6.07) is 3.28. The number of amides is 1. The van der Waals surface area contributed by atoms with Crippen molar-refractivity contribution in [1.29, 1.82) is 0 Å². The predicted molar refractivity (Wildman–Crippen MR) is 74.4 cm³/mol. The molecule has 0 N–H and O–H groups in total. The second-order valence-electron chi connectivity index (χ2n) is 4.19. The summed E-state index contributed by atoms with van der Waals surface area (Å²) in [6.45, 7) is 0.678. The minimum atomic E-state index is -0.129. The Kier molecular flexibility index (Phi) is 3.12. The van der Waals surface area contributed by atoms with Gasteiger partial charge in [0.05, 0.1) is 16.1 Å². The molecule has 6 heteroatoms. The van der Waals surface area contributed by atoms with Gasteiger partial charge in [0.25, 0.3) is 5.91 Å². The van der Waals surface area contributed by atoms with Gasteiger partial charge >= 0.3 is 0 Å². The van der Waals surface area contributed by atoms with Crippen molar-refractivity contribution in [1.82, 2.24) is 14.9 Å². The molecule has 0 saturated heterocycles. The number of rotatable bonds is 1. The quantitative estimate of drug-likeness (QED) is 0.758. The monoisotopic (exact) mass is 293 g/mol. The lowest BCUT2D eigenvalue weighted by Gasteiger charge is -2.14.